The van der Waals surface area contributed by atoms with Crippen molar-refractivity contribution in [1.29, 1.82) is 0 Å². The van der Waals surface area contributed by atoms with Crippen molar-refractivity contribution in [3.8, 4) is 11.5 Å². The zero-order valence-corrected chi connectivity index (χ0v) is 12.1. The molecule has 0 radical (unpaired) electrons. The first kappa shape index (κ1) is 14.7. The van der Waals surface area contributed by atoms with Crippen LogP contribution in [0.15, 0.2) is 18.2 Å². The lowest BCUT2D eigenvalue weighted by Crippen LogP contribution is -2.30. The molecule has 0 aliphatic carbocycles. The fraction of sp³-hybridized carbons (Fsp3) is 0.533. The van der Waals surface area contributed by atoms with E-state index in [1.165, 1.54) is 0 Å². The minimum absolute atomic E-state index is 0.0506. The van der Waals surface area contributed by atoms with Gasteiger partial charge in [0.25, 0.3) is 5.91 Å². The normalized spacial score (nSPS) is 19.8. The Hall–Kier alpha value is -1.75. The standard InChI is InChI=1S/C15H21NO4/c1-10(17)11-4-5-16(9-11)15(18)12-6-13(19-2)8-14(7-12)20-3/h6-8,10-11,17H,4-5,9H2,1-3H3. The molecule has 1 aliphatic heterocycles. The molecule has 1 saturated heterocycles. The van der Waals surface area contributed by atoms with Crippen LogP contribution in [0.4, 0.5) is 0 Å². The third-order valence-electron chi connectivity index (χ3n) is 3.79. The quantitative estimate of drug-likeness (QED) is 0.908. The number of carbonyl (C=O) groups is 1. The van der Waals surface area contributed by atoms with Crippen LogP contribution in [0.2, 0.25) is 0 Å². The van der Waals surface area contributed by atoms with Crippen LogP contribution in [0.3, 0.4) is 0 Å². The monoisotopic (exact) mass is 279 g/mol. The molecule has 5 nitrogen and oxygen atoms in total. The molecule has 1 aromatic rings. The van der Waals surface area contributed by atoms with Crippen LogP contribution in [-0.4, -0.2) is 49.3 Å². The highest BCUT2D eigenvalue weighted by Crippen LogP contribution is 2.26. The third-order valence-corrected chi connectivity index (χ3v) is 3.79. The summed E-state index contributed by atoms with van der Waals surface area (Å²) in [6.45, 7) is 3.04. The molecular formula is C15H21NO4. The number of nitrogens with zero attached hydrogens (tertiary/aromatic N) is 1. The van der Waals surface area contributed by atoms with Crippen molar-refractivity contribution in [2.24, 2.45) is 5.92 Å². The number of rotatable bonds is 4. The SMILES string of the molecule is COc1cc(OC)cc(C(=O)N2CCC(C(C)O)C2)c1. The molecule has 110 valence electrons. The third kappa shape index (κ3) is 3.04. The van der Waals surface area contributed by atoms with Crippen LogP contribution in [0.25, 0.3) is 0 Å². The molecule has 0 spiro atoms. The van der Waals surface area contributed by atoms with Crippen molar-refractivity contribution in [3.63, 3.8) is 0 Å². The number of ether oxygens (including phenoxy) is 2. The first-order valence-corrected chi connectivity index (χ1v) is 6.75. The first-order valence-electron chi connectivity index (χ1n) is 6.75. The van der Waals surface area contributed by atoms with E-state index in [-0.39, 0.29) is 17.9 Å². The highest BCUT2D eigenvalue weighted by molar-refractivity contribution is 5.95. The van der Waals surface area contributed by atoms with E-state index in [0.29, 0.717) is 30.2 Å². The van der Waals surface area contributed by atoms with E-state index in [4.69, 9.17) is 9.47 Å². The number of hydrogen-bond donors (Lipinski definition) is 1. The predicted octanol–water partition coefficient (Wildman–Crippen LogP) is 1.55. The molecule has 1 N–H and O–H groups in total. The van der Waals surface area contributed by atoms with E-state index in [1.807, 2.05) is 0 Å². The number of carbonyl (C=O) groups excluding carboxylic acids is 1. The van der Waals surface area contributed by atoms with Crippen molar-refractivity contribution in [3.05, 3.63) is 23.8 Å². The smallest absolute Gasteiger partial charge is 0.254 e. The molecule has 5 heteroatoms. The number of methoxy groups -OCH3 is 2. The Kier molecular flexibility index (Phi) is 4.49. The molecule has 2 rings (SSSR count). The van der Waals surface area contributed by atoms with Crippen molar-refractivity contribution < 1.29 is 19.4 Å². The number of hydrogen-bond acceptors (Lipinski definition) is 4. The van der Waals surface area contributed by atoms with E-state index < -0.39 is 0 Å². The van der Waals surface area contributed by atoms with Crippen LogP contribution in [0.5, 0.6) is 11.5 Å². The Labute approximate surface area is 119 Å². The average Bonchev–Trinajstić information content (AvgIpc) is 2.95. The predicted molar refractivity (Wildman–Crippen MR) is 75.2 cm³/mol. The topological polar surface area (TPSA) is 59.0 Å². The Bertz CT molecular complexity index is 465. The van der Waals surface area contributed by atoms with Gasteiger partial charge in [-0.2, -0.15) is 0 Å². The molecule has 2 atom stereocenters. The van der Waals surface area contributed by atoms with Crippen LogP contribution in [-0.2, 0) is 0 Å². The second-order valence-electron chi connectivity index (χ2n) is 5.14. The van der Waals surface area contributed by atoms with E-state index in [9.17, 15) is 9.90 Å². The summed E-state index contributed by atoms with van der Waals surface area (Å²) in [5, 5.41) is 9.61. The summed E-state index contributed by atoms with van der Waals surface area (Å²) in [4.78, 5) is 14.3. The number of benzene rings is 1. The van der Waals surface area contributed by atoms with Crippen LogP contribution in [0, 0.1) is 5.92 Å². The minimum Gasteiger partial charge on any atom is -0.497 e. The highest BCUT2D eigenvalue weighted by atomic mass is 16.5. The van der Waals surface area contributed by atoms with Gasteiger partial charge in [-0.3, -0.25) is 4.79 Å². The Morgan fingerprint density at radius 1 is 1.30 bits per heavy atom. The molecule has 1 fully saturated rings. The molecule has 0 saturated carbocycles. The zero-order chi connectivity index (χ0) is 14.7. The largest absolute Gasteiger partial charge is 0.497 e. The van der Waals surface area contributed by atoms with E-state index in [1.54, 1.807) is 44.2 Å². The summed E-state index contributed by atoms with van der Waals surface area (Å²) in [7, 11) is 3.12. The van der Waals surface area contributed by atoms with Gasteiger partial charge in [0.2, 0.25) is 0 Å². The van der Waals surface area contributed by atoms with Crippen molar-refractivity contribution in [1.82, 2.24) is 4.90 Å². The molecule has 0 aromatic heterocycles. The van der Waals surface area contributed by atoms with Gasteiger partial charge >= 0.3 is 0 Å². The van der Waals surface area contributed by atoms with Gasteiger partial charge in [0.15, 0.2) is 0 Å². The maximum absolute atomic E-state index is 12.5. The second-order valence-corrected chi connectivity index (χ2v) is 5.14. The van der Waals surface area contributed by atoms with E-state index >= 15 is 0 Å². The molecule has 1 aromatic carbocycles. The fourth-order valence-electron chi connectivity index (χ4n) is 2.48. The lowest BCUT2D eigenvalue weighted by Gasteiger charge is -2.18. The number of likely N-dealkylation sites (tertiary alicyclic amines) is 1. The van der Waals surface area contributed by atoms with Gasteiger partial charge in [0, 0.05) is 30.6 Å². The van der Waals surface area contributed by atoms with Crippen molar-refractivity contribution in [2.45, 2.75) is 19.4 Å². The average molecular weight is 279 g/mol. The summed E-state index contributed by atoms with van der Waals surface area (Å²) >= 11 is 0. The second kappa shape index (κ2) is 6.13. The summed E-state index contributed by atoms with van der Waals surface area (Å²) in [6.07, 6.45) is 0.456. The lowest BCUT2D eigenvalue weighted by molar-refractivity contribution is 0.0761. The van der Waals surface area contributed by atoms with Gasteiger partial charge in [-0.25, -0.2) is 0 Å². The summed E-state index contributed by atoms with van der Waals surface area (Å²) in [5.74, 6) is 1.30. The number of aliphatic hydroxyl groups is 1. The number of amides is 1. The molecule has 20 heavy (non-hydrogen) atoms. The zero-order valence-electron chi connectivity index (χ0n) is 12.1. The van der Waals surface area contributed by atoms with Crippen LogP contribution < -0.4 is 9.47 Å². The molecule has 1 heterocycles. The maximum Gasteiger partial charge on any atom is 0.254 e. The lowest BCUT2D eigenvalue weighted by atomic mass is 10.0. The minimum atomic E-state index is -0.382. The molecular weight excluding hydrogens is 258 g/mol. The van der Waals surface area contributed by atoms with Crippen LogP contribution in [0.1, 0.15) is 23.7 Å². The van der Waals surface area contributed by atoms with Crippen molar-refractivity contribution >= 4 is 5.91 Å². The fourth-order valence-corrected chi connectivity index (χ4v) is 2.48. The number of aliphatic hydroxyl groups excluding tert-OH is 1. The molecule has 0 bridgehead atoms. The van der Waals surface area contributed by atoms with Gasteiger partial charge in [0.05, 0.1) is 20.3 Å². The van der Waals surface area contributed by atoms with Gasteiger partial charge in [0.1, 0.15) is 11.5 Å². The molecule has 1 aliphatic rings. The molecule has 1 amide bonds. The Morgan fingerprint density at radius 2 is 1.90 bits per heavy atom. The summed E-state index contributed by atoms with van der Waals surface area (Å²) in [5.41, 5.74) is 0.549. The summed E-state index contributed by atoms with van der Waals surface area (Å²) in [6, 6.07) is 5.15. The van der Waals surface area contributed by atoms with E-state index in [2.05, 4.69) is 0 Å². The van der Waals surface area contributed by atoms with Crippen LogP contribution >= 0.6 is 0 Å². The first-order chi connectivity index (χ1) is 9.55. The highest BCUT2D eigenvalue weighted by Gasteiger charge is 2.29. The Morgan fingerprint density at radius 3 is 2.35 bits per heavy atom. The van der Waals surface area contributed by atoms with Gasteiger partial charge in [-0.05, 0) is 25.5 Å². The summed E-state index contributed by atoms with van der Waals surface area (Å²) < 4.78 is 10.4. The van der Waals surface area contributed by atoms with E-state index in [0.717, 1.165) is 6.42 Å². The Balaban J connectivity index is 2.17. The van der Waals surface area contributed by atoms with Gasteiger partial charge in [-0.15, -0.1) is 0 Å². The van der Waals surface area contributed by atoms with Crippen molar-refractivity contribution in [2.75, 3.05) is 27.3 Å². The van der Waals surface area contributed by atoms with Gasteiger partial charge in [-0.1, -0.05) is 0 Å². The maximum atomic E-state index is 12.5. The molecule has 2 unspecified atom stereocenters. The van der Waals surface area contributed by atoms with Gasteiger partial charge < -0.3 is 19.5 Å².